The van der Waals surface area contributed by atoms with Crippen molar-refractivity contribution in [1.82, 2.24) is 0 Å². The first-order valence-corrected chi connectivity index (χ1v) is 6.97. The van der Waals surface area contributed by atoms with Crippen LogP contribution in [0.1, 0.15) is 0 Å². The van der Waals surface area contributed by atoms with E-state index in [-0.39, 0.29) is 0 Å². The summed E-state index contributed by atoms with van der Waals surface area (Å²) in [5.41, 5.74) is 1.23. The lowest BCUT2D eigenvalue weighted by molar-refractivity contribution is 1.13. The van der Waals surface area contributed by atoms with E-state index in [2.05, 4.69) is 83.5 Å². The first kappa shape index (κ1) is 12.5. The van der Waals surface area contributed by atoms with Crippen LogP contribution < -0.4 is 4.90 Å². The smallest absolute Gasteiger partial charge is 0.0361 e. The van der Waals surface area contributed by atoms with Gasteiger partial charge in [-0.05, 0) is 48.5 Å². The highest BCUT2D eigenvalue weighted by Gasteiger charge is 1.99. The molecule has 17 heavy (non-hydrogen) atoms. The van der Waals surface area contributed by atoms with E-state index >= 15 is 0 Å². The summed E-state index contributed by atoms with van der Waals surface area (Å²) in [6.07, 6.45) is 0. The molecule has 0 bridgehead atoms. The summed E-state index contributed by atoms with van der Waals surface area (Å²) in [4.78, 5) is 4.62. The Morgan fingerprint density at radius 2 is 1.29 bits per heavy atom. The van der Waals surface area contributed by atoms with Gasteiger partial charge in [0.1, 0.15) is 0 Å². The van der Waals surface area contributed by atoms with E-state index in [9.17, 15) is 0 Å². The van der Waals surface area contributed by atoms with Crippen molar-refractivity contribution in [2.45, 2.75) is 9.79 Å². The van der Waals surface area contributed by atoms with E-state index in [1.165, 1.54) is 15.5 Å². The maximum atomic E-state index is 3.44. The van der Waals surface area contributed by atoms with Gasteiger partial charge in [0.2, 0.25) is 0 Å². The van der Waals surface area contributed by atoms with Gasteiger partial charge in [0.15, 0.2) is 0 Å². The molecule has 2 rings (SSSR count). The predicted octanol–water partition coefficient (Wildman–Crippen LogP) is 4.67. The van der Waals surface area contributed by atoms with Crippen LogP contribution in [0.4, 0.5) is 5.69 Å². The standard InChI is InChI=1S/C14H14BrNS/c1-16(2)12-5-9-14(10-6-12)17-13-7-3-11(15)4-8-13/h3-10H,1-2H3. The molecule has 0 aliphatic heterocycles. The van der Waals surface area contributed by atoms with Crippen LogP contribution in [0.25, 0.3) is 0 Å². The van der Waals surface area contributed by atoms with Crippen molar-refractivity contribution < 1.29 is 0 Å². The van der Waals surface area contributed by atoms with E-state index in [4.69, 9.17) is 0 Å². The lowest BCUT2D eigenvalue weighted by Crippen LogP contribution is -2.07. The zero-order valence-corrected chi connectivity index (χ0v) is 12.3. The molecule has 2 aromatic carbocycles. The molecule has 2 aromatic rings. The monoisotopic (exact) mass is 307 g/mol. The maximum absolute atomic E-state index is 3.44. The van der Waals surface area contributed by atoms with Gasteiger partial charge in [-0.15, -0.1) is 0 Å². The summed E-state index contributed by atoms with van der Waals surface area (Å²) < 4.78 is 1.12. The van der Waals surface area contributed by atoms with Crippen molar-refractivity contribution in [2.24, 2.45) is 0 Å². The molecule has 0 heterocycles. The molecule has 0 saturated carbocycles. The van der Waals surface area contributed by atoms with Crippen LogP contribution in [0.5, 0.6) is 0 Å². The fraction of sp³-hybridized carbons (Fsp3) is 0.143. The topological polar surface area (TPSA) is 3.24 Å². The second kappa shape index (κ2) is 5.61. The van der Waals surface area contributed by atoms with E-state index < -0.39 is 0 Å². The molecule has 0 N–H and O–H groups in total. The van der Waals surface area contributed by atoms with Crippen molar-refractivity contribution >= 4 is 33.4 Å². The average molecular weight is 308 g/mol. The van der Waals surface area contributed by atoms with Gasteiger partial charge in [-0.25, -0.2) is 0 Å². The third-order valence-corrected chi connectivity index (χ3v) is 3.95. The second-order valence-electron chi connectivity index (χ2n) is 3.94. The Morgan fingerprint density at radius 1 is 0.824 bits per heavy atom. The Morgan fingerprint density at radius 3 is 1.76 bits per heavy atom. The SMILES string of the molecule is CN(C)c1ccc(Sc2ccc(Br)cc2)cc1. The quantitative estimate of drug-likeness (QED) is 0.811. The van der Waals surface area contributed by atoms with E-state index in [0.29, 0.717) is 0 Å². The van der Waals surface area contributed by atoms with Gasteiger partial charge in [0.05, 0.1) is 0 Å². The highest BCUT2D eigenvalue weighted by molar-refractivity contribution is 9.10. The third-order valence-electron chi connectivity index (χ3n) is 2.40. The first-order valence-electron chi connectivity index (χ1n) is 5.36. The van der Waals surface area contributed by atoms with Crippen LogP contribution >= 0.6 is 27.7 Å². The van der Waals surface area contributed by atoms with Gasteiger partial charge >= 0.3 is 0 Å². The highest BCUT2D eigenvalue weighted by Crippen LogP contribution is 2.29. The minimum absolute atomic E-state index is 1.12. The number of rotatable bonds is 3. The molecule has 0 unspecified atom stereocenters. The van der Waals surface area contributed by atoms with E-state index in [0.717, 1.165) is 4.47 Å². The number of hydrogen-bond donors (Lipinski definition) is 0. The minimum Gasteiger partial charge on any atom is -0.378 e. The number of hydrogen-bond acceptors (Lipinski definition) is 2. The predicted molar refractivity (Wildman–Crippen MR) is 79.0 cm³/mol. The Kier molecular flexibility index (Phi) is 4.13. The van der Waals surface area contributed by atoms with Gasteiger partial charge < -0.3 is 4.90 Å². The molecule has 0 spiro atoms. The van der Waals surface area contributed by atoms with Gasteiger partial charge in [0.25, 0.3) is 0 Å². The van der Waals surface area contributed by atoms with Crippen LogP contribution in [0.15, 0.2) is 62.8 Å². The molecule has 88 valence electrons. The fourth-order valence-electron chi connectivity index (χ4n) is 1.45. The lowest BCUT2D eigenvalue weighted by Gasteiger charge is -2.12. The van der Waals surface area contributed by atoms with Crippen molar-refractivity contribution in [1.29, 1.82) is 0 Å². The number of nitrogens with zero attached hydrogens (tertiary/aromatic N) is 1. The molecule has 1 nitrogen and oxygen atoms in total. The molecular weight excluding hydrogens is 294 g/mol. The molecule has 0 fully saturated rings. The van der Waals surface area contributed by atoms with Gasteiger partial charge in [-0.1, -0.05) is 27.7 Å². The molecule has 0 atom stereocenters. The van der Waals surface area contributed by atoms with E-state index in [1.807, 2.05) is 0 Å². The number of anilines is 1. The highest BCUT2D eigenvalue weighted by atomic mass is 79.9. The Hall–Kier alpha value is -0.930. The molecule has 0 aliphatic carbocycles. The summed E-state index contributed by atoms with van der Waals surface area (Å²) >= 11 is 5.22. The van der Waals surface area contributed by atoms with Crippen LogP contribution in [0.3, 0.4) is 0 Å². The van der Waals surface area contributed by atoms with Crippen molar-refractivity contribution in [3.63, 3.8) is 0 Å². The van der Waals surface area contributed by atoms with Crippen LogP contribution in [-0.4, -0.2) is 14.1 Å². The van der Waals surface area contributed by atoms with Crippen molar-refractivity contribution in [3.8, 4) is 0 Å². The zero-order chi connectivity index (χ0) is 12.3. The van der Waals surface area contributed by atoms with Crippen LogP contribution in [0.2, 0.25) is 0 Å². The maximum Gasteiger partial charge on any atom is 0.0361 e. The Bertz CT molecular complexity index is 477. The summed E-state index contributed by atoms with van der Waals surface area (Å²) in [5.74, 6) is 0. The van der Waals surface area contributed by atoms with Gasteiger partial charge in [-0.2, -0.15) is 0 Å². The molecule has 0 amide bonds. The largest absolute Gasteiger partial charge is 0.378 e. The van der Waals surface area contributed by atoms with Gasteiger partial charge in [-0.3, -0.25) is 0 Å². The van der Waals surface area contributed by atoms with Crippen LogP contribution in [0, 0.1) is 0 Å². The van der Waals surface area contributed by atoms with Gasteiger partial charge in [0, 0.05) is 34.0 Å². The molecule has 0 radical (unpaired) electrons. The lowest BCUT2D eigenvalue weighted by atomic mass is 10.3. The van der Waals surface area contributed by atoms with E-state index in [1.54, 1.807) is 11.8 Å². The summed E-state index contributed by atoms with van der Waals surface area (Å²) in [7, 11) is 4.10. The third kappa shape index (κ3) is 3.51. The molecule has 0 saturated heterocycles. The molecule has 3 heteroatoms. The van der Waals surface area contributed by atoms with Crippen molar-refractivity contribution in [2.75, 3.05) is 19.0 Å². The summed E-state index contributed by atoms with van der Waals surface area (Å²) in [6, 6.07) is 17.0. The Balaban J connectivity index is 2.11. The molecule has 0 aromatic heterocycles. The summed E-state index contributed by atoms with van der Waals surface area (Å²) in [6.45, 7) is 0. The zero-order valence-electron chi connectivity index (χ0n) is 9.85. The average Bonchev–Trinajstić information content (AvgIpc) is 2.33. The summed E-state index contributed by atoms with van der Waals surface area (Å²) in [5, 5.41) is 0. The minimum atomic E-state index is 1.12. The number of halogens is 1. The fourth-order valence-corrected chi connectivity index (χ4v) is 2.53. The second-order valence-corrected chi connectivity index (χ2v) is 6.01. The first-order chi connectivity index (χ1) is 8.15. The van der Waals surface area contributed by atoms with Crippen molar-refractivity contribution in [3.05, 3.63) is 53.0 Å². The van der Waals surface area contributed by atoms with Crippen LogP contribution in [-0.2, 0) is 0 Å². The number of benzene rings is 2. The molecular formula is C14H14BrNS. The normalized spacial score (nSPS) is 10.3. The molecule has 0 aliphatic rings. The Labute approximate surface area is 115 Å².